The molecule has 1 aliphatic rings. The zero-order valence-electron chi connectivity index (χ0n) is 18.2. The molecule has 1 N–H and O–H groups in total. The quantitative estimate of drug-likeness (QED) is 0.556. The van der Waals surface area contributed by atoms with Crippen LogP contribution in [0.5, 0.6) is 0 Å². The molecule has 1 amide bonds. The number of aromatic nitrogens is 2. The lowest BCUT2D eigenvalue weighted by molar-refractivity contribution is -0.386. The topological polar surface area (TPSA) is 93.3 Å². The van der Waals surface area contributed by atoms with E-state index < -0.39 is 4.92 Å². The Hall–Kier alpha value is -2.74. The number of amides is 1. The number of hydrogen-bond donors (Lipinski definition) is 1. The maximum atomic E-state index is 12.5. The molecule has 0 spiro atoms. The summed E-state index contributed by atoms with van der Waals surface area (Å²) in [5.41, 5.74) is 3.00. The molecule has 0 aliphatic carbocycles. The summed E-state index contributed by atoms with van der Waals surface area (Å²) >= 11 is 0. The molecule has 3 rings (SSSR count). The van der Waals surface area contributed by atoms with Crippen LogP contribution in [0.15, 0.2) is 24.3 Å². The van der Waals surface area contributed by atoms with E-state index in [0.717, 1.165) is 25.2 Å². The zero-order chi connectivity index (χ0) is 21.8. The van der Waals surface area contributed by atoms with Crippen molar-refractivity contribution in [2.24, 2.45) is 11.8 Å². The minimum atomic E-state index is -0.454. The van der Waals surface area contributed by atoms with Crippen LogP contribution in [-0.4, -0.2) is 38.6 Å². The average molecular weight is 414 g/mol. The molecular formula is C22H31N5O3. The van der Waals surface area contributed by atoms with Crippen LogP contribution in [0.25, 0.3) is 0 Å². The average Bonchev–Trinajstić information content (AvgIpc) is 2.93. The summed E-state index contributed by atoms with van der Waals surface area (Å²) in [6.45, 7) is 11.3. The Morgan fingerprint density at radius 2 is 1.83 bits per heavy atom. The van der Waals surface area contributed by atoms with Gasteiger partial charge in [-0.15, -0.1) is 0 Å². The fourth-order valence-corrected chi connectivity index (χ4v) is 4.54. The van der Waals surface area contributed by atoms with Crippen molar-refractivity contribution in [1.82, 2.24) is 20.0 Å². The lowest BCUT2D eigenvalue weighted by Crippen LogP contribution is -2.38. The molecule has 0 unspecified atom stereocenters. The minimum absolute atomic E-state index is 0.0295. The van der Waals surface area contributed by atoms with E-state index in [9.17, 15) is 14.9 Å². The Labute approximate surface area is 177 Å². The highest BCUT2D eigenvalue weighted by atomic mass is 16.6. The fraction of sp³-hybridized carbons (Fsp3) is 0.545. The van der Waals surface area contributed by atoms with E-state index in [1.54, 1.807) is 13.8 Å². The number of aryl methyl sites for hydroxylation is 1. The van der Waals surface area contributed by atoms with E-state index in [1.807, 2.05) is 18.2 Å². The highest BCUT2D eigenvalue weighted by molar-refractivity contribution is 5.75. The summed E-state index contributed by atoms with van der Waals surface area (Å²) in [5, 5.41) is 18.2. The summed E-state index contributed by atoms with van der Waals surface area (Å²) in [6.07, 6.45) is 1.28. The van der Waals surface area contributed by atoms with Crippen LogP contribution in [0, 0.1) is 35.8 Å². The van der Waals surface area contributed by atoms with Crippen molar-refractivity contribution in [1.29, 1.82) is 0 Å². The van der Waals surface area contributed by atoms with Gasteiger partial charge in [0.05, 0.1) is 4.92 Å². The summed E-state index contributed by atoms with van der Waals surface area (Å²) in [7, 11) is 0. The number of nitrogens with zero attached hydrogens (tertiary/aromatic N) is 4. The maximum Gasteiger partial charge on any atom is 0.312 e. The number of hydrogen-bond acceptors (Lipinski definition) is 5. The fourth-order valence-electron chi connectivity index (χ4n) is 4.54. The second-order valence-electron chi connectivity index (χ2n) is 8.62. The largest absolute Gasteiger partial charge is 0.350 e. The van der Waals surface area contributed by atoms with Gasteiger partial charge in [-0.25, -0.2) is 0 Å². The van der Waals surface area contributed by atoms with Gasteiger partial charge < -0.3 is 5.32 Å². The van der Waals surface area contributed by atoms with Crippen molar-refractivity contribution in [3.8, 4) is 0 Å². The van der Waals surface area contributed by atoms with Crippen molar-refractivity contribution in [3.05, 3.63) is 56.9 Å². The van der Waals surface area contributed by atoms with Crippen molar-refractivity contribution in [3.63, 3.8) is 0 Å². The summed E-state index contributed by atoms with van der Waals surface area (Å²) < 4.78 is 1.39. The number of carbonyl (C=O) groups is 1. The SMILES string of the molecule is Cc1nn(CC(=O)NCc2ccccc2CN2C[C@@H](C)C[C@H](C)C2)c(C)c1[N+](=O)[O-]. The molecule has 8 heteroatoms. The van der Waals surface area contributed by atoms with Gasteiger partial charge >= 0.3 is 5.69 Å². The first-order valence-electron chi connectivity index (χ1n) is 10.5. The third kappa shape index (κ3) is 5.24. The van der Waals surface area contributed by atoms with Crippen molar-refractivity contribution in [2.45, 2.75) is 53.8 Å². The normalized spacial score (nSPS) is 19.6. The molecule has 8 nitrogen and oxygen atoms in total. The van der Waals surface area contributed by atoms with Crippen molar-refractivity contribution in [2.75, 3.05) is 13.1 Å². The van der Waals surface area contributed by atoms with Crippen LogP contribution in [0.2, 0.25) is 0 Å². The number of carbonyl (C=O) groups excluding carboxylic acids is 1. The third-order valence-corrected chi connectivity index (χ3v) is 5.75. The summed E-state index contributed by atoms with van der Waals surface area (Å²) in [6, 6.07) is 8.18. The van der Waals surface area contributed by atoms with Gasteiger partial charge in [0, 0.05) is 26.2 Å². The van der Waals surface area contributed by atoms with Crippen LogP contribution in [0.4, 0.5) is 5.69 Å². The first-order chi connectivity index (χ1) is 14.2. The number of nitrogens with one attached hydrogen (secondary N) is 1. The first-order valence-corrected chi connectivity index (χ1v) is 10.5. The standard InChI is InChI=1S/C22H31N5O3/c1-15-9-16(2)12-25(11-15)13-20-8-6-5-7-19(20)10-23-21(28)14-26-18(4)22(27(29)30)17(3)24-26/h5-8,15-16H,9-14H2,1-4H3,(H,23,28)/t15-,16-/m0/s1. The minimum Gasteiger partial charge on any atom is -0.350 e. The summed E-state index contributed by atoms with van der Waals surface area (Å²) in [4.78, 5) is 25.6. The van der Waals surface area contributed by atoms with Gasteiger partial charge in [-0.1, -0.05) is 38.1 Å². The molecule has 1 aliphatic heterocycles. The zero-order valence-corrected chi connectivity index (χ0v) is 18.2. The van der Waals surface area contributed by atoms with Crippen molar-refractivity contribution >= 4 is 11.6 Å². The van der Waals surface area contributed by atoms with E-state index in [1.165, 1.54) is 16.7 Å². The van der Waals surface area contributed by atoms with Crippen LogP contribution in [0.1, 0.15) is 42.8 Å². The molecule has 162 valence electrons. The Morgan fingerprint density at radius 1 is 1.20 bits per heavy atom. The highest BCUT2D eigenvalue weighted by Gasteiger charge is 2.24. The number of rotatable bonds is 7. The lowest BCUT2D eigenvalue weighted by atomic mass is 9.91. The first kappa shape index (κ1) is 22.0. The number of nitro groups is 1. The molecule has 1 aromatic heterocycles. The second kappa shape index (κ2) is 9.38. The molecule has 0 bridgehead atoms. The number of benzene rings is 1. The molecule has 2 aromatic rings. The van der Waals surface area contributed by atoms with Gasteiger partial charge in [0.15, 0.2) is 0 Å². The predicted molar refractivity (Wildman–Crippen MR) is 115 cm³/mol. The van der Waals surface area contributed by atoms with Crippen LogP contribution >= 0.6 is 0 Å². The molecule has 0 saturated carbocycles. The Bertz CT molecular complexity index is 913. The van der Waals surface area contributed by atoms with E-state index in [0.29, 0.717) is 29.8 Å². The Balaban J connectivity index is 1.62. The van der Waals surface area contributed by atoms with Crippen LogP contribution in [0.3, 0.4) is 0 Å². The molecule has 1 saturated heterocycles. The molecular weight excluding hydrogens is 382 g/mol. The highest BCUT2D eigenvalue weighted by Crippen LogP contribution is 2.24. The molecule has 2 heterocycles. The molecule has 2 atom stereocenters. The van der Waals surface area contributed by atoms with Gasteiger partial charge in [0.2, 0.25) is 5.91 Å². The monoisotopic (exact) mass is 413 g/mol. The Morgan fingerprint density at radius 3 is 2.43 bits per heavy atom. The maximum absolute atomic E-state index is 12.5. The van der Waals surface area contributed by atoms with E-state index in [4.69, 9.17) is 0 Å². The van der Waals surface area contributed by atoms with Gasteiger partial charge in [0.25, 0.3) is 0 Å². The van der Waals surface area contributed by atoms with E-state index in [-0.39, 0.29) is 18.1 Å². The lowest BCUT2D eigenvalue weighted by Gasteiger charge is -2.35. The molecule has 0 radical (unpaired) electrons. The number of likely N-dealkylation sites (tertiary alicyclic amines) is 1. The molecule has 1 aromatic carbocycles. The van der Waals surface area contributed by atoms with E-state index >= 15 is 0 Å². The van der Waals surface area contributed by atoms with Gasteiger partial charge in [-0.05, 0) is 43.2 Å². The third-order valence-electron chi connectivity index (χ3n) is 5.75. The van der Waals surface area contributed by atoms with Crippen LogP contribution < -0.4 is 5.32 Å². The molecule has 1 fully saturated rings. The Kier molecular flexibility index (Phi) is 6.87. The van der Waals surface area contributed by atoms with E-state index in [2.05, 4.69) is 35.2 Å². The van der Waals surface area contributed by atoms with Gasteiger partial charge in [0.1, 0.15) is 17.9 Å². The van der Waals surface area contributed by atoms with Gasteiger partial charge in [-0.2, -0.15) is 5.10 Å². The van der Waals surface area contributed by atoms with Gasteiger partial charge in [-0.3, -0.25) is 24.5 Å². The second-order valence-corrected chi connectivity index (χ2v) is 8.62. The summed E-state index contributed by atoms with van der Waals surface area (Å²) in [5.74, 6) is 1.18. The van der Waals surface area contributed by atoms with Crippen molar-refractivity contribution < 1.29 is 9.72 Å². The molecule has 30 heavy (non-hydrogen) atoms. The van der Waals surface area contributed by atoms with Crippen LogP contribution in [-0.2, 0) is 24.4 Å². The number of piperidine rings is 1. The smallest absolute Gasteiger partial charge is 0.312 e. The predicted octanol–water partition coefficient (Wildman–Crippen LogP) is 3.20.